The minimum atomic E-state index is 0.105. The Bertz CT molecular complexity index is 220. The van der Waals surface area contributed by atoms with Crippen molar-refractivity contribution in [2.75, 3.05) is 19.6 Å². The van der Waals surface area contributed by atoms with E-state index in [-0.39, 0.29) is 5.92 Å². The van der Waals surface area contributed by atoms with Crippen molar-refractivity contribution in [3.8, 4) is 0 Å². The standard InChI is InChI=1S/C12H22N2O/c13-9-11(8-10-4-3-5-10)12(15)14-6-1-2-7-14/h10-11H,1-9,13H2. The third-order valence-electron chi connectivity index (χ3n) is 3.89. The largest absolute Gasteiger partial charge is 0.342 e. The van der Waals surface area contributed by atoms with E-state index in [4.69, 9.17) is 5.73 Å². The van der Waals surface area contributed by atoms with Crippen LogP contribution in [0.3, 0.4) is 0 Å². The van der Waals surface area contributed by atoms with E-state index in [0.29, 0.717) is 12.5 Å². The lowest BCUT2D eigenvalue weighted by atomic mass is 9.78. The van der Waals surface area contributed by atoms with Crippen molar-refractivity contribution >= 4 is 5.91 Å². The zero-order valence-electron chi connectivity index (χ0n) is 9.45. The third kappa shape index (κ3) is 2.51. The molecule has 2 fully saturated rings. The summed E-state index contributed by atoms with van der Waals surface area (Å²) in [6.45, 7) is 2.45. The summed E-state index contributed by atoms with van der Waals surface area (Å²) in [4.78, 5) is 14.1. The van der Waals surface area contributed by atoms with Crippen LogP contribution in [0, 0.1) is 11.8 Å². The predicted octanol–water partition coefficient (Wildman–Crippen LogP) is 1.37. The molecule has 1 unspecified atom stereocenters. The van der Waals surface area contributed by atoms with Gasteiger partial charge in [-0.2, -0.15) is 0 Å². The summed E-state index contributed by atoms with van der Waals surface area (Å²) in [7, 11) is 0. The summed E-state index contributed by atoms with van der Waals surface area (Å²) < 4.78 is 0. The Labute approximate surface area is 92.0 Å². The molecule has 15 heavy (non-hydrogen) atoms. The van der Waals surface area contributed by atoms with Crippen molar-refractivity contribution in [1.82, 2.24) is 4.90 Å². The summed E-state index contributed by atoms with van der Waals surface area (Å²) in [5.41, 5.74) is 5.72. The molecule has 1 aliphatic heterocycles. The Morgan fingerprint density at radius 3 is 2.40 bits per heavy atom. The Kier molecular flexibility index (Phi) is 3.62. The van der Waals surface area contributed by atoms with Crippen molar-refractivity contribution in [1.29, 1.82) is 0 Å². The average molecular weight is 210 g/mol. The van der Waals surface area contributed by atoms with Crippen molar-refractivity contribution < 1.29 is 4.79 Å². The Hall–Kier alpha value is -0.570. The molecule has 0 spiro atoms. The molecule has 0 aromatic heterocycles. The molecule has 1 amide bonds. The van der Waals surface area contributed by atoms with Crippen molar-refractivity contribution in [2.24, 2.45) is 17.6 Å². The smallest absolute Gasteiger partial charge is 0.226 e. The first-order valence-electron chi connectivity index (χ1n) is 6.30. The van der Waals surface area contributed by atoms with E-state index in [1.165, 1.54) is 32.1 Å². The van der Waals surface area contributed by atoms with Gasteiger partial charge in [-0.25, -0.2) is 0 Å². The molecule has 1 saturated carbocycles. The number of rotatable bonds is 4. The summed E-state index contributed by atoms with van der Waals surface area (Å²) in [5, 5.41) is 0. The van der Waals surface area contributed by atoms with Gasteiger partial charge in [-0.15, -0.1) is 0 Å². The van der Waals surface area contributed by atoms with Gasteiger partial charge in [0.1, 0.15) is 0 Å². The maximum Gasteiger partial charge on any atom is 0.226 e. The second kappa shape index (κ2) is 4.97. The second-order valence-corrected chi connectivity index (χ2v) is 5.00. The number of carbonyl (C=O) groups is 1. The second-order valence-electron chi connectivity index (χ2n) is 5.00. The van der Waals surface area contributed by atoms with E-state index in [2.05, 4.69) is 0 Å². The first kappa shape index (κ1) is 10.9. The van der Waals surface area contributed by atoms with Gasteiger partial charge in [-0.1, -0.05) is 19.3 Å². The Morgan fingerprint density at radius 2 is 1.93 bits per heavy atom. The summed E-state index contributed by atoms with van der Waals surface area (Å²) in [6.07, 6.45) is 7.35. The highest BCUT2D eigenvalue weighted by Crippen LogP contribution is 2.32. The molecule has 0 bridgehead atoms. The maximum atomic E-state index is 12.1. The van der Waals surface area contributed by atoms with Crippen LogP contribution >= 0.6 is 0 Å². The van der Waals surface area contributed by atoms with Crippen LogP contribution in [0.25, 0.3) is 0 Å². The molecule has 1 aliphatic carbocycles. The topological polar surface area (TPSA) is 46.3 Å². The lowest BCUT2D eigenvalue weighted by molar-refractivity contribution is -0.134. The molecule has 1 heterocycles. The SMILES string of the molecule is NCC(CC1CCC1)C(=O)N1CCCC1. The van der Waals surface area contributed by atoms with Gasteiger partial charge in [0.25, 0.3) is 0 Å². The van der Waals surface area contributed by atoms with E-state index in [1.807, 2.05) is 4.90 Å². The van der Waals surface area contributed by atoms with Gasteiger partial charge >= 0.3 is 0 Å². The van der Waals surface area contributed by atoms with E-state index >= 15 is 0 Å². The molecule has 1 atom stereocenters. The normalized spacial score (nSPS) is 23.9. The number of hydrogen-bond donors (Lipinski definition) is 1. The molecular formula is C12H22N2O. The van der Waals surface area contributed by atoms with Crippen molar-refractivity contribution in [3.63, 3.8) is 0 Å². The van der Waals surface area contributed by atoms with Gasteiger partial charge in [0.05, 0.1) is 5.92 Å². The fourth-order valence-electron chi connectivity index (χ4n) is 2.62. The molecule has 0 radical (unpaired) electrons. The van der Waals surface area contributed by atoms with Gasteiger partial charge in [-0.05, 0) is 25.2 Å². The Balaban J connectivity index is 1.83. The zero-order chi connectivity index (χ0) is 10.7. The predicted molar refractivity (Wildman–Crippen MR) is 60.3 cm³/mol. The van der Waals surface area contributed by atoms with Crippen molar-refractivity contribution in [2.45, 2.75) is 38.5 Å². The highest BCUT2D eigenvalue weighted by molar-refractivity contribution is 5.79. The molecule has 3 heteroatoms. The third-order valence-corrected chi connectivity index (χ3v) is 3.89. The Morgan fingerprint density at radius 1 is 1.27 bits per heavy atom. The van der Waals surface area contributed by atoms with Crippen molar-refractivity contribution in [3.05, 3.63) is 0 Å². The van der Waals surface area contributed by atoms with Gasteiger partial charge in [0, 0.05) is 19.6 Å². The van der Waals surface area contributed by atoms with Gasteiger partial charge < -0.3 is 10.6 Å². The summed E-state index contributed by atoms with van der Waals surface area (Å²) in [5.74, 6) is 1.21. The number of amides is 1. The van der Waals surface area contributed by atoms with E-state index < -0.39 is 0 Å². The number of hydrogen-bond acceptors (Lipinski definition) is 2. The average Bonchev–Trinajstić information content (AvgIpc) is 2.68. The molecule has 86 valence electrons. The van der Waals surface area contributed by atoms with Crippen LogP contribution in [-0.2, 0) is 4.79 Å². The molecule has 2 N–H and O–H groups in total. The quantitative estimate of drug-likeness (QED) is 0.762. The maximum absolute atomic E-state index is 12.1. The lowest BCUT2D eigenvalue weighted by Gasteiger charge is -2.30. The van der Waals surface area contributed by atoms with Crippen LogP contribution in [0.5, 0.6) is 0 Å². The van der Waals surface area contributed by atoms with Gasteiger partial charge in [0.2, 0.25) is 5.91 Å². The highest BCUT2D eigenvalue weighted by Gasteiger charge is 2.29. The van der Waals surface area contributed by atoms with Crippen LogP contribution < -0.4 is 5.73 Å². The minimum Gasteiger partial charge on any atom is -0.342 e. The van der Waals surface area contributed by atoms with E-state index in [1.54, 1.807) is 0 Å². The van der Waals surface area contributed by atoms with Crippen LogP contribution in [0.1, 0.15) is 38.5 Å². The fraction of sp³-hybridized carbons (Fsp3) is 0.917. The van der Waals surface area contributed by atoms with Gasteiger partial charge in [-0.3, -0.25) is 4.79 Å². The van der Waals surface area contributed by atoms with E-state index in [0.717, 1.165) is 25.4 Å². The molecular weight excluding hydrogens is 188 g/mol. The van der Waals surface area contributed by atoms with Crippen LogP contribution in [0.4, 0.5) is 0 Å². The van der Waals surface area contributed by atoms with Gasteiger partial charge in [0.15, 0.2) is 0 Å². The molecule has 2 rings (SSSR count). The number of nitrogens with two attached hydrogens (primary N) is 1. The van der Waals surface area contributed by atoms with Crippen LogP contribution in [0.15, 0.2) is 0 Å². The summed E-state index contributed by atoms with van der Waals surface area (Å²) in [6, 6.07) is 0. The molecule has 3 nitrogen and oxygen atoms in total. The monoisotopic (exact) mass is 210 g/mol. The zero-order valence-corrected chi connectivity index (χ0v) is 9.45. The van der Waals surface area contributed by atoms with Crippen LogP contribution in [-0.4, -0.2) is 30.4 Å². The van der Waals surface area contributed by atoms with E-state index in [9.17, 15) is 4.79 Å². The van der Waals surface area contributed by atoms with Crippen LogP contribution in [0.2, 0.25) is 0 Å². The number of likely N-dealkylation sites (tertiary alicyclic amines) is 1. The fourth-order valence-corrected chi connectivity index (χ4v) is 2.62. The number of carbonyl (C=O) groups excluding carboxylic acids is 1. The molecule has 1 saturated heterocycles. The first-order chi connectivity index (χ1) is 7.31. The first-order valence-corrected chi connectivity index (χ1v) is 6.30. The lowest BCUT2D eigenvalue weighted by Crippen LogP contribution is -2.38. The number of nitrogens with zero attached hydrogens (tertiary/aromatic N) is 1. The minimum absolute atomic E-state index is 0.105. The summed E-state index contributed by atoms with van der Waals surface area (Å²) >= 11 is 0. The molecule has 0 aromatic rings. The molecule has 0 aromatic carbocycles. The highest BCUT2D eigenvalue weighted by atomic mass is 16.2. The molecule has 2 aliphatic rings.